The maximum atomic E-state index is 12.5. The largest absolute Gasteiger partial charge is 0.492 e. The fraction of sp³-hybridized carbons (Fsp3) is 0.714. The number of hydrogen-bond donors (Lipinski definition) is 0. The van der Waals surface area contributed by atoms with E-state index in [2.05, 4.69) is 11.3 Å². The molecule has 0 aliphatic heterocycles. The molecule has 7 heteroatoms. The van der Waals surface area contributed by atoms with E-state index in [4.69, 9.17) is 0 Å². The molecule has 0 radical (unpaired) electrons. The van der Waals surface area contributed by atoms with Crippen molar-refractivity contribution in [3.05, 3.63) is 12.8 Å². The van der Waals surface area contributed by atoms with Crippen LogP contribution in [0.4, 0.5) is 26.3 Å². The number of halogens is 6. The highest BCUT2D eigenvalue weighted by atomic mass is 19.4. The van der Waals surface area contributed by atoms with E-state index < -0.39 is 31.3 Å². The highest BCUT2D eigenvalue weighted by molar-refractivity contribution is 4.86. The zero-order valence-corrected chi connectivity index (χ0v) is 6.95. The van der Waals surface area contributed by atoms with E-state index in [1.54, 1.807) is 0 Å². The van der Waals surface area contributed by atoms with E-state index in [1.165, 1.54) is 0 Å². The number of ether oxygens (including phenoxy) is 1. The van der Waals surface area contributed by atoms with Crippen molar-refractivity contribution < 1.29 is 31.1 Å². The van der Waals surface area contributed by atoms with Gasteiger partial charge in [-0.1, -0.05) is 6.58 Å². The summed E-state index contributed by atoms with van der Waals surface area (Å²) in [6, 6.07) is 0. The molecular weight excluding hydrogens is 214 g/mol. The molecule has 0 fully saturated rings. The fourth-order valence-electron chi connectivity index (χ4n) is 0.733. The zero-order chi connectivity index (χ0) is 11.4. The van der Waals surface area contributed by atoms with Gasteiger partial charge >= 0.3 is 12.1 Å². The van der Waals surface area contributed by atoms with Crippen LogP contribution in [-0.2, 0) is 4.74 Å². The minimum Gasteiger partial charge on any atom is -0.492 e. The molecule has 0 spiro atoms. The normalized spacial score (nSPS) is 15.0. The predicted octanol–water partition coefficient (Wildman–Crippen LogP) is 3.07. The lowest BCUT2D eigenvalue weighted by atomic mass is 10.1. The van der Waals surface area contributed by atoms with Gasteiger partial charge in [-0.15, -0.1) is 0 Å². The Morgan fingerprint density at radius 1 is 1.21 bits per heavy atom. The molecule has 1 nitrogen and oxygen atoms in total. The zero-order valence-electron chi connectivity index (χ0n) is 6.95. The summed E-state index contributed by atoms with van der Waals surface area (Å²) in [7, 11) is 0. The summed E-state index contributed by atoms with van der Waals surface area (Å²) in [4.78, 5) is 0. The van der Waals surface area contributed by atoms with E-state index in [0.29, 0.717) is 6.26 Å². The summed E-state index contributed by atoms with van der Waals surface area (Å²) in [5.74, 6) is -5.08. The van der Waals surface area contributed by atoms with Gasteiger partial charge in [0.05, 0.1) is 12.9 Å². The van der Waals surface area contributed by atoms with Gasteiger partial charge in [-0.25, -0.2) is 0 Å². The standard InChI is InChI=1S/C7H8F6O/c1-2-14-5(3-4-8)6(9,10)7(11,12)13/h2,5H,1,3-4H2. The third-order valence-corrected chi connectivity index (χ3v) is 1.41. The van der Waals surface area contributed by atoms with E-state index in [-0.39, 0.29) is 0 Å². The lowest BCUT2D eigenvalue weighted by Gasteiger charge is -2.27. The molecule has 0 saturated heterocycles. The average Bonchev–Trinajstić information content (AvgIpc) is 2.02. The van der Waals surface area contributed by atoms with Crippen LogP contribution < -0.4 is 0 Å². The SMILES string of the molecule is C=COC(CCF)C(F)(F)C(F)(F)F. The quantitative estimate of drug-likeness (QED) is 0.513. The molecule has 0 bridgehead atoms. The third kappa shape index (κ3) is 2.81. The van der Waals surface area contributed by atoms with Crippen molar-refractivity contribution in [2.75, 3.05) is 6.67 Å². The second-order valence-corrected chi connectivity index (χ2v) is 2.39. The Morgan fingerprint density at radius 3 is 2.00 bits per heavy atom. The Kier molecular flexibility index (Phi) is 4.28. The van der Waals surface area contributed by atoms with Crippen LogP contribution >= 0.6 is 0 Å². The lowest BCUT2D eigenvalue weighted by Crippen LogP contribution is -2.48. The van der Waals surface area contributed by atoms with Gasteiger partial charge < -0.3 is 4.74 Å². The lowest BCUT2D eigenvalue weighted by molar-refractivity contribution is -0.314. The van der Waals surface area contributed by atoms with Crippen LogP contribution in [0.3, 0.4) is 0 Å². The predicted molar refractivity (Wildman–Crippen MR) is 36.7 cm³/mol. The van der Waals surface area contributed by atoms with Crippen molar-refractivity contribution in [1.82, 2.24) is 0 Å². The molecule has 0 aliphatic carbocycles. The van der Waals surface area contributed by atoms with Gasteiger partial charge in [0.15, 0.2) is 6.10 Å². The van der Waals surface area contributed by atoms with E-state index in [1.807, 2.05) is 0 Å². The molecule has 0 heterocycles. The number of hydrogen-bond acceptors (Lipinski definition) is 1. The molecule has 84 valence electrons. The van der Waals surface area contributed by atoms with Crippen LogP contribution in [0.25, 0.3) is 0 Å². The number of rotatable bonds is 5. The highest BCUT2D eigenvalue weighted by Crippen LogP contribution is 2.40. The Bertz CT molecular complexity index is 187. The molecule has 14 heavy (non-hydrogen) atoms. The molecule has 1 unspecified atom stereocenters. The minimum absolute atomic E-state index is 0.431. The van der Waals surface area contributed by atoms with Crippen molar-refractivity contribution in [3.63, 3.8) is 0 Å². The maximum absolute atomic E-state index is 12.5. The van der Waals surface area contributed by atoms with Crippen LogP contribution in [0.2, 0.25) is 0 Å². The van der Waals surface area contributed by atoms with Crippen LogP contribution in [-0.4, -0.2) is 24.9 Å². The first-order valence-corrected chi connectivity index (χ1v) is 3.54. The monoisotopic (exact) mass is 222 g/mol. The van der Waals surface area contributed by atoms with Crippen molar-refractivity contribution >= 4 is 0 Å². The van der Waals surface area contributed by atoms with Gasteiger partial charge in [0, 0.05) is 6.42 Å². The molecule has 0 rings (SSSR count). The second-order valence-electron chi connectivity index (χ2n) is 2.39. The van der Waals surface area contributed by atoms with Gasteiger partial charge in [-0.2, -0.15) is 22.0 Å². The summed E-state index contributed by atoms with van der Waals surface area (Å²) in [6.07, 6.45) is -8.93. The summed E-state index contributed by atoms with van der Waals surface area (Å²) in [5.41, 5.74) is 0. The Labute approximate surface area is 76.3 Å². The first kappa shape index (κ1) is 13.1. The summed E-state index contributed by atoms with van der Waals surface area (Å²) >= 11 is 0. The fourth-order valence-corrected chi connectivity index (χ4v) is 0.733. The molecule has 0 amide bonds. The van der Waals surface area contributed by atoms with Gasteiger partial charge in [0.1, 0.15) is 0 Å². The Balaban J connectivity index is 4.69. The van der Waals surface area contributed by atoms with Gasteiger partial charge in [-0.3, -0.25) is 4.39 Å². The van der Waals surface area contributed by atoms with Crippen molar-refractivity contribution in [2.24, 2.45) is 0 Å². The van der Waals surface area contributed by atoms with Crippen molar-refractivity contribution in [3.8, 4) is 0 Å². The van der Waals surface area contributed by atoms with E-state index in [9.17, 15) is 26.3 Å². The molecule has 0 aliphatic rings. The molecule has 0 N–H and O–H groups in total. The Morgan fingerprint density at radius 2 is 1.71 bits per heavy atom. The van der Waals surface area contributed by atoms with Gasteiger partial charge in [0.2, 0.25) is 0 Å². The molecule has 0 aromatic carbocycles. The van der Waals surface area contributed by atoms with Gasteiger partial charge in [0.25, 0.3) is 0 Å². The van der Waals surface area contributed by atoms with Crippen LogP contribution in [0.1, 0.15) is 6.42 Å². The smallest absolute Gasteiger partial charge is 0.457 e. The van der Waals surface area contributed by atoms with Crippen LogP contribution in [0, 0.1) is 0 Å². The summed E-state index contributed by atoms with van der Waals surface area (Å²) in [5, 5.41) is 0. The molecular formula is C7H8F6O. The summed E-state index contributed by atoms with van der Waals surface area (Å²) < 4.78 is 75.8. The highest BCUT2D eigenvalue weighted by Gasteiger charge is 2.63. The van der Waals surface area contributed by atoms with Crippen molar-refractivity contribution in [1.29, 1.82) is 0 Å². The van der Waals surface area contributed by atoms with E-state index in [0.717, 1.165) is 0 Å². The van der Waals surface area contributed by atoms with Crippen LogP contribution in [0.5, 0.6) is 0 Å². The summed E-state index contributed by atoms with van der Waals surface area (Å²) in [6.45, 7) is 1.50. The first-order valence-electron chi connectivity index (χ1n) is 3.54. The first-order chi connectivity index (χ1) is 6.27. The maximum Gasteiger partial charge on any atom is 0.457 e. The minimum atomic E-state index is -5.75. The van der Waals surface area contributed by atoms with Gasteiger partial charge in [-0.05, 0) is 0 Å². The van der Waals surface area contributed by atoms with E-state index >= 15 is 0 Å². The topological polar surface area (TPSA) is 9.23 Å². The average molecular weight is 222 g/mol. The molecule has 0 aromatic rings. The van der Waals surface area contributed by atoms with Crippen molar-refractivity contribution in [2.45, 2.75) is 24.6 Å². The molecule has 0 saturated carbocycles. The van der Waals surface area contributed by atoms with Crippen LogP contribution in [0.15, 0.2) is 12.8 Å². The number of alkyl halides is 6. The second kappa shape index (κ2) is 4.56. The molecule has 0 aromatic heterocycles. The Hall–Kier alpha value is -0.880. The third-order valence-electron chi connectivity index (χ3n) is 1.41. The molecule has 1 atom stereocenters.